The molecule has 142 valence electrons. The van der Waals surface area contributed by atoms with E-state index in [2.05, 4.69) is 15.6 Å². The molecule has 1 amide bonds. The summed E-state index contributed by atoms with van der Waals surface area (Å²) < 4.78 is 26.7. The van der Waals surface area contributed by atoms with Crippen LogP contribution >= 0.6 is 0 Å². The van der Waals surface area contributed by atoms with Gasteiger partial charge in [-0.25, -0.2) is 8.78 Å². The predicted molar refractivity (Wildman–Crippen MR) is 101 cm³/mol. The van der Waals surface area contributed by atoms with E-state index < -0.39 is 23.8 Å². The molecule has 1 aromatic heterocycles. The van der Waals surface area contributed by atoms with Gasteiger partial charge in [-0.05, 0) is 18.2 Å². The molecule has 0 radical (unpaired) electrons. The Hall–Kier alpha value is -3.13. The fraction of sp³-hybridized carbons (Fsp3) is 0.211. The summed E-state index contributed by atoms with van der Waals surface area (Å²) in [7, 11) is 1.90. The Morgan fingerprint density at radius 2 is 1.93 bits per heavy atom. The van der Waals surface area contributed by atoms with Gasteiger partial charge in [0.15, 0.2) is 11.6 Å². The minimum atomic E-state index is -1.53. The van der Waals surface area contributed by atoms with E-state index in [1.165, 1.54) is 6.20 Å². The lowest BCUT2D eigenvalue weighted by atomic mass is 10.2. The predicted octanol–water partition coefficient (Wildman–Crippen LogP) is 2.43. The minimum absolute atomic E-state index is 0.299. The number of carbonyl (C=O) groups excluding carboxylic acids is 1. The van der Waals surface area contributed by atoms with E-state index in [1.54, 1.807) is 0 Å². The van der Waals surface area contributed by atoms with Crippen LogP contribution in [0, 0.1) is 11.6 Å². The van der Waals surface area contributed by atoms with Crippen LogP contribution in [-0.2, 0) is 4.79 Å². The number of anilines is 2. The molecule has 1 atom stereocenters. The van der Waals surface area contributed by atoms with Crippen molar-refractivity contribution in [3.63, 3.8) is 0 Å². The zero-order chi connectivity index (χ0) is 19.4. The van der Waals surface area contributed by atoms with Crippen LogP contribution in [0.3, 0.4) is 0 Å². The number of hydrogen-bond donors (Lipinski definition) is 4. The molecule has 0 saturated carbocycles. The van der Waals surface area contributed by atoms with Crippen molar-refractivity contribution in [2.45, 2.75) is 6.23 Å². The van der Waals surface area contributed by atoms with E-state index in [0.717, 1.165) is 17.8 Å². The molecule has 4 N–H and O–H groups in total. The zero-order valence-corrected chi connectivity index (χ0v) is 14.7. The first-order valence-corrected chi connectivity index (χ1v) is 8.40. The second-order valence-corrected chi connectivity index (χ2v) is 6.11. The van der Waals surface area contributed by atoms with Crippen molar-refractivity contribution in [2.75, 3.05) is 30.4 Å². The van der Waals surface area contributed by atoms with Gasteiger partial charge in [0.25, 0.3) is 5.91 Å². The quantitative estimate of drug-likeness (QED) is 0.479. The highest BCUT2D eigenvalue weighted by Crippen LogP contribution is 2.25. The average Bonchev–Trinajstić information content (AvgIpc) is 3.04. The molecule has 6 nitrogen and oxygen atoms in total. The van der Waals surface area contributed by atoms with Crippen LogP contribution in [-0.4, -0.2) is 42.4 Å². The third kappa shape index (κ3) is 4.35. The summed E-state index contributed by atoms with van der Waals surface area (Å²) in [5.41, 5.74) is 1.67. The highest BCUT2D eigenvalue weighted by Gasteiger charge is 2.17. The number of aliphatic hydroxyl groups is 1. The molecule has 0 bridgehead atoms. The Morgan fingerprint density at radius 1 is 1.22 bits per heavy atom. The van der Waals surface area contributed by atoms with Crippen LogP contribution in [0.5, 0.6) is 0 Å². The van der Waals surface area contributed by atoms with Crippen LogP contribution in [0.2, 0.25) is 0 Å². The van der Waals surface area contributed by atoms with E-state index in [4.69, 9.17) is 0 Å². The van der Waals surface area contributed by atoms with E-state index in [-0.39, 0.29) is 0 Å². The van der Waals surface area contributed by atoms with Crippen molar-refractivity contribution in [1.82, 2.24) is 10.3 Å². The van der Waals surface area contributed by atoms with E-state index >= 15 is 0 Å². The molecule has 3 aromatic rings. The number of rotatable bonds is 7. The van der Waals surface area contributed by atoms with E-state index in [0.29, 0.717) is 29.7 Å². The molecule has 8 heteroatoms. The highest BCUT2D eigenvalue weighted by molar-refractivity contribution is 5.94. The lowest BCUT2D eigenvalue weighted by Gasteiger charge is -2.20. The number of hydrogen-bond acceptors (Lipinski definition) is 4. The monoisotopic (exact) mass is 374 g/mol. The topological polar surface area (TPSA) is 80.4 Å². The van der Waals surface area contributed by atoms with Gasteiger partial charge >= 0.3 is 0 Å². The van der Waals surface area contributed by atoms with Crippen LogP contribution in [0.25, 0.3) is 10.9 Å². The normalized spacial score (nSPS) is 12.0. The Labute approximate surface area is 154 Å². The Bertz CT molecular complexity index is 930. The van der Waals surface area contributed by atoms with Crippen molar-refractivity contribution in [3.8, 4) is 0 Å². The molecular weight excluding hydrogens is 354 g/mol. The van der Waals surface area contributed by atoms with Crippen molar-refractivity contribution in [1.29, 1.82) is 0 Å². The summed E-state index contributed by atoms with van der Waals surface area (Å²) in [6.45, 7) is 0.886. The summed E-state index contributed by atoms with van der Waals surface area (Å²) >= 11 is 0. The van der Waals surface area contributed by atoms with Gasteiger partial charge < -0.3 is 25.6 Å². The SMILES string of the molecule is CN(CCNC(=O)C(O)Nc1c[nH]c2cc(F)c(F)cc12)c1ccccc1. The van der Waals surface area contributed by atoms with Gasteiger partial charge in [0.2, 0.25) is 6.23 Å². The summed E-state index contributed by atoms with van der Waals surface area (Å²) in [5.74, 6) is -2.60. The first kappa shape index (κ1) is 18.7. The summed E-state index contributed by atoms with van der Waals surface area (Å²) in [4.78, 5) is 16.8. The van der Waals surface area contributed by atoms with Crippen molar-refractivity contribution in [3.05, 3.63) is 60.3 Å². The lowest BCUT2D eigenvalue weighted by Crippen LogP contribution is -2.42. The third-order valence-corrected chi connectivity index (χ3v) is 4.21. The first-order valence-electron chi connectivity index (χ1n) is 8.40. The molecule has 3 rings (SSSR count). The highest BCUT2D eigenvalue weighted by atomic mass is 19.2. The summed E-state index contributed by atoms with van der Waals surface area (Å²) in [6.07, 6.45) is -0.0948. The Balaban J connectivity index is 1.54. The second-order valence-electron chi connectivity index (χ2n) is 6.11. The molecule has 0 aliphatic heterocycles. The molecule has 0 aliphatic rings. The number of fused-ring (bicyclic) bond motifs is 1. The van der Waals surface area contributed by atoms with Gasteiger partial charge in [0, 0.05) is 43.5 Å². The van der Waals surface area contributed by atoms with Crippen LogP contribution in [0.15, 0.2) is 48.7 Å². The zero-order valence-electron chi connectivity index (χ0n) is 14.7. The van der Waals surface area contributed by atoms with E-state index in [9.17, 15) is 18.7 Å². The smallest absolute Gasteiger partial charge is 0.269 e. The number of benzene rings is 2. The van der Waals surface area contributed by atoms with Gasteiger partial charge in [0.1, 0.15) is 0 Å². The van der Waals surface area contributed by atoms with Crippen molar-refractivity contribution >= 4 is 28.2 Å². The number of carbonyl (C=O) groups is 1. The van der Waals surface area contributed by atoms with Gasteiger partial charge in [-0.2, -0.15) is 0 Å². The number of H-pyrrole nitrogens is 1. The Morgan fingerprint density at radius 3 is 2.67 bits per heavy atom. The standard InChI is InChI=1S/C19H20F2N4O2/c1-25(12-5-3-2-4-6-12)8-7-22-18(26)19(27)24-17-11-23-16-10-15(21)14(20)9-13(16)17/h2-6,9-11,19,23-24,27H,7-8H2,1H3,(H,22,26). The molecule has 2 aromatic carbocycles. The molecule has 0 fully saturated rings. The lowest BCUT2D eigenvalue weighted by molar-refractivity contribution is -0.127. The Kier molecular flexibility index (Phi) is 5.56. The van der Waals surface area contributed by atoms with Gasteiger partial charge in [-0.1, -0.05) is 18.2 Å². The maximum absolute atomic E-state index is 13.4. The second kappa shape index (κ2) is 8.05. The largest absolute Gasteiger partial charge is 0.373 e. The maximum Gasteiger partial charge on any atom is 0.269 e. The molecule has 27 heavy (non-hydrogen) atoms. The van der Waals surface area contributed by atoms with Crippen molar-refractivity contribution < 1.29 is 18.7 Å². The van der Waals surface area contributed by atoms with Crippen LogP contribution in [0.4, 0.5) is 20.2 Å². The van der Waals surface area contributed by atoms with E-state index in [1.807, 2.05) is 42.3 Å². The molecule has 0 spiro atoms. The van der Waals surface area contributed by atoms with Crippen molar-refractivity contribution in [2.24, 2.45) is 0 Å². The average molecular weight is 374 g/mol. The number of nitrogens with one attached hydrogen (secondary N) is 3. The van der Waals surface area contributed by atoms with Gasteiger partial charge in [-0.3, -0.25) is 4.79 Å². The van der Waals surface area contributed by atoms with Crippen LogP contribution < -0.4 is 15.5 Å². The number of likely N-dealkylation sites (N-methyl/N-ethyl adjacent to an activating group) is 1. The third-order valence-electron chi connectivity index (χ3n) is 4.21. The van der Waals surface area contributed by atoms with Gasteiger partial charge in [-0.15, -0.1) is 0 Å². The number of amides is 1. The number of para-hydroxylation sites is 1. The summed E-state index contributed by atoms with van der Waals surface area (Å²) in [5, 5.41) is 15.6. The molecule has 0 aliphatic carbocycles. The molecular formula is C19H20F2N4O2. The van der Waals surface area contributed by atoms with Crippen LogP contribution in [0.1, 0.15) is 0 Å². The van der Waals surface area contributed by atoms with Gasteiger partial charge in [0.05, 0.1) is 11.2 Å². The maximum atomic E-state index is 13.4. The minimum Gasteiger partial charge on any atom is -0.373 e. The molecule has 1 heterocycles. The number of nitrogens with zero attached hydrogens (tertiary/aromatic N) is 1. The number of aliphatic hydroxyl groups excluding tert-OH is 1. The number of aromatic amines is 1. The fourth-order valence-corrected chi connectivity index (χ4v) is 2.70. The number of aromatic nitrogens is 1. The fourth-order valence-electron chi connectivity index (χ4n) is 2.70. The molecule has 1 unspecified atom stereocenters. The first-order chi connectivity index (χ1) is 13.0. The summed E-state index contributed by atoms with van der Waals surface area (Å²) in [6, 6.07) is 11.7. The number of halogens is 2. The molecule has 0 saturated heterocycles.